The van der Waals surface area contributed by atoms with Crippen molar-refractivity contribution in [3.05, 3.63) is 12.7 Å². The van der Waals surface area contributed by atoms with E-state index in [1.165, 1.54) is 0 Å². The Morgan fingerprint density at radius 1 is 1.73 bits per heavy atom. The average molecular weight is 154 g/mol. The van der Waals surface area contributed by atoms with Gasteiger partial charge in [-0.3, -0.25) is 4.79 Å². The van der Waals surface area contributed by atoms with Crippen molar-refractivity contribution in [2.75, 3.05) is 0 Å². The Morgan fingerprint density at radius 3 is 2.82 bits per heavy atom. The van der Waals surface area contributed by atoms with Crippen LogP contribution in [0.25, 0.3) is 0 Å². The minimum absolute atomic E-state index is 0.0775. The van der Waals surface area contributed by atoms with Crippen LogP contribution in [-0.4, -0.2) is 17.5 Å². The molecule has 1 aliphatic heterocycles. The van der Waals surface area contributed by atoms with E-state index in [0.29, 0.717) is 12.8 Å². The van der Waals surface area contributed by atoms with Crippen molar-refractivity contribution < 1.29 is 9.53 Å². The fourth-order valence-electron chi connectivity index (χ4n) is 1.40. The summed E-state index contributed by atoms with van der Waals surface area (Å²) in [4.78, 5) is 11.1. The summed E-state index contributed by atoms with van der Waals surface area (Å²) in [6.45, 7) is 7.47. The van der Waals surface area contributed by atoms with Crippen LogP contribution in [0.1, 0.15) is 26.7 Å². The number of ether oxygens (including phenoxy) is 1. The van der Waals surface area contributed by atoms with Crippen LogP contribution in [-0.2, 0) is 9.53 Å². The smallest absolute Gasteiger partial charge is 0.138 e. The Bertz CT molecular complexity index is 182. The van der Waals surface area contributed by atoms with E-state index in [4.69, 9.17) is 4.74 Å². The van der Waals surface area contributed by atoms with E-state index in [1.54, 1.807) is 6.08 Å². The number of hydrogen-bond donors (Lipinski definition) is 0. The molecule has 1 rings (SSSR count). The monoisotopic (exact) mass is 154 g/mol. The summed E-state index contributed by atoms with van der Waals surface area (Å²) in [5.41, 5.74) is -0.297. The molecule has 2 heteroatoms. The van der Waals surface area contributed by atoms with E-state index >= 15 is 0 Å². The maximum Gasteiger partial charge on any atom is 0.138 e. The molecule has 0 aromatic rings. The molecule has 1 aliphatic rings. The largest absolute Gasteiger partial charge is 0.367 e. The van der Waals surface area contributed by atoms with Crippen LogP contribution in [0.5, 0.6) is 0 Å². The Labute approximate surface area is 67.2 Å². The number of hydrogen-bond acceptors (Lipinski definition) is 2. The second-order valence-corrected chi connectivity index (χ2v) is 3.57. The van der Waals surface area contributed by atoms with E-state index in [-0.39, 0.29) is 17.5 Å². The third kappa shape index (κ3) is 2.15. The highest BCUT2D eigenvalue weighted by atomic mass is 16.5. The van der Waals surface area contributed by atoms with Crippen LogP contribution in [0.4, 0.5) is 0 Å². The third-order valence-electron chi connectivity index (χ3n) is 1.79. The fraction of sp³-hybridized carbons (Fsp3) is 0.667. The lowest BCUT2D eigenvalue weighted by Crippen LogP contribution is -2.38. The lowest BCUT2D eigenvalue weighted by Gasteiger charge is -2.33. The molecule has 0 aromatic heterocycles. The van der Waals surface area contributed by atoms with Gasteiger partial charge >= 0.3 is 0 Å². The molecule has 1 saturated heterocycles. The predicted molar refractivity (Wildman–Crippen MR) is 43.4 cm³/mol. The van der Waals surface area contributed by atoms with Gasteiger partial charge in [0.2, 0.25) is 0 Å². The van der Waals surface area contributed by atoms with Crippen molar-refractivity contribution >= 4 is 5.78 Å². The maximum absolute atomic E-state index is 11.1. The van der Waals surface area contributed by atoms with Gasteiger partial charge in [0.15, 0.2) is 0 Å². The molecule has 0 aliphatic carbocycles. The lowest BCUT2D eigenvalue weighted by molar-refractivity contribution is -0.142. The van der Waals surface area contributed by atoms with Gasteiger partial charge in [-0.05, 0) is 13.8 Å². The minimum atomic E-state index is -0.297. The van der Waals surface area contributed by atoms with E-state index < -0.39 is 0 Å². The van der Waals surface area contributed by atoms with Crippen molar-refractivity contribution in [1.29, 1.82) is 0 Å². The third-order valence-corrected chi connectivity index (χ3v) is 1.79. The molecule has 0 radical (unpaired) electrons. The van der Waals surface area contributed by atoms with Crippen LogP contribution in [0.3, 0.4) is 0 Å². The van der Waals surface area contributed by atoms with Gasteiger partial charge in [0.25, 0.3) is 0 Å². The van der Waals surface area contributed by atoms with Crippen molar-refractivity contribution in [2.24, 2.45) is 0 Å². The summed E-state index contributed by atoms with van der Waals surface area (Å²) in [7, 11) is 0. The van der Waals surface area contributed by atoms with Gasteiger partial charge in [-0.25, -0.2) is 0 Å². The van der Waals surface area contributed by atoms with Gasteiger partial charge in [0, 0.05) is 12.8 Å². The van der Waals surface area contributed by atoms with Crippen molar-refractivity contribution in [3.63, 3.8) is 0 Å². The van der Waals surface area contributed by atoms with E-state index in [9.17, 15) is 4.79 Å². The molecule has 1 atom stereocenters. The first kappa shape index (κ1) is 8.47. The van der Waals surface area contributed by atoms with Gasteiger partial charge in [-0.15, -0.1) is 6.58 Å². The zero-order valence-electron chi connectivity index (χ0n) is 7.09. The van der Waals surface area contributed by atoms with Crippen LogP contribution in [0.2, 0.25) is 0 Å². The Balaban J connectivity index is 2.65. The molecule has 0 bridgehead atoms. The first-order valence-corrected chi connectivity index (χ1v) is 3.85. The molecular weight excluding hydrogens is 140 g/mol. The first-order valence-electron chi connectivity index (χ1n) is 3.85. The first-order chi connectivity index (χ1) is 5.03. The zero-order valence-corrected chi connectivity index (χ0v) is 7.09. The Kier molecular flexibility index (Phi) is 2.14. The predicted octanol–water partition coefficient (Wildman–Crippen LogP) is 1.70. The SMILES string of the molecule is C=CC1CC(=O)CC(C)(C)O1. The molecule has 0 N–H and O–H groups in total. The van der Waals surface area contributed by atoms with Gasteiger partial charge in [-0.2, -0.15) is 0 Å². The van der Waals surface area contributed by atoms with Gasteiger partial charge in [0.1, 0.15) is 5.78 Å². The summed E-state index contributed by atoms with van der Waals surface area (Å²) in [6.07, 6.45) is 2.63. The zero-order chi connectivity index (χ0) is 8.48. The van der Waals surface area contributed by atoms with E-state index in [1.807, 2.05) is 13.8 Å². The number of carbonyl (C=O) groups is 1. The minimum Gasteiger partial charge on any atom is -0.367 e. The van der Waals surface area contributed by atoms with Crippen LogP contribution >= 0.6 is 0 Å². The number of ketones is 1. The molecule has 62 valence electrons. The molecule has 0 aromatic carbocycles. The average Bonchev–Trinajstić information content (AvgIpc) is 1.83. The van der Waals surface area contributed by atoms with Crippen LogP contribution in [0.15, 0.2) is 12.7 Å². The fourth-order valence-corrected chi connectivity index (χ4v) is 1.40. The van der Waals surface area contributed by atoms with Crippen LogP contribution in [0, 0.1) is 0 Å². The van der Waals surface area contributed by atoms with Gasteiger partial charge in [-0.1, -0.05) is 6.08 Å². The molecule has 0 spiro atoms. The van der Waals surface area contributed by atoms with Crippen molar-refractivity contribution in [1.82, 2.24) is 0 Å². The molecule has 1 unspecified atom stereocenters. The Hall–Kier alpha value is -0.630. The summed E-state index contributed by atoms with van der Waals surface area (Å²) in [5.74, 6) is 0.270. The summed E-state index contributed by atoms with van der Waals surface area (Å²) >= 11 is 0. The summed E-state index contributed by atoms with van der Waals surface area (Å²) < 4.78 is 5.55. The highest BCUT2D eigenvalue weighted by Gasteiger charge is 2.31. The second-order valence-electron chi connectivity index (χ2n) is 3.57. The number of rotatable bonds is 1. The highest BCUT2D eigenvalue weighted by Crippen LogP contribution is 2.25. The van der Waals surface area contributed by atoms with Gasteiger partial charge in [0.05, 0.1) is 11.7 Å². The molecule has 1 fully saturated rings. The quantitative estimate of drug-likeness (QED) is 0.537. The number of Topliss-reactive ketones (excluding diaryl/α,β-unsaturated/α-hetero) is 1. The second kappa shape index (κ2) is 2.78. The van der Waals surface area contributed by atoms with Crippen LogP contribution < -0.4 is 0 Å². The molecule has 0 saturated carbocycles. The summed E-state index contributed by atoms with van der Waals surface area (Å²) in [5, 5.41) is 0. The standard InChI is InChI=1S/C9H14O2/c1-4-8-5-7(10)6-9(2,3)11-8/h4,8H,1,5-6H2,2-3H3. The molecule has 0 amide bonds. The number of carbonyl (C=O) groups excluding carboxylic acids is 1. The van der Waals surface area contributed by atoms with E-state index in [2.05, 4.69) is 6.58 Å². The van der Waals surface area contributed by atoms with Crippen molar-refractivity contribution in [3.8, 4) is 0 Å². The Morgan fingerprint density at radius 2 is 2.36 bits per heavy atom. The summed E-state index contributed by atoms with van der Waals surface area (Å²) in [6, 6.07) is 0. The molecule has 2 nitrogen and oxygen atoms in total. The molecule has 11 heavy (non-hydrogen) atoms. The maximum atomic E-state index is 11.1. The topological polar surface area (TPSA) is 26.3 Å². The van der Waals surface area contributed by atoms with Crippen molar-refractivity contribution in [2.45, 2.75) is 38.4 Å². The molecular formula is C9H14O2. The normalized spacial score (nSPS) is 30.0. The van der Waals surface area contributed by atoms with Gasteiger partial charge < -0.3 is 4.74 Å². The lowest BCUT2D eigenvalue weighted by atomic mass is 9.94. The van der Waals surface area contributed by atoms with E-state index in [0.717, 1.165) is 0 Å². The molecule has 1 heterocycles. The highest BCUT2D eigenvalue weighted by molar-refractivity contribution is 5.80.